The Balaban J connectivity index is 1.55. The fourth-order valence-corrected chi connectivity index (χ4v) is 5.59. The molecule has 13 heteroatoms. The number of nitrogens with two attached hydrogens (primary N) is 1. The van der Waals surface area contributed by atoms with E-state index < -0.39 is 47.0 Å². The lowest BCUT2D eigenvalue weighted by Crippen LogP contribution is -2.51. The number of aromatic nitrogens is 3. The highest BCUT2D eigenvalue weighted by Crippen LogP contribution is 2.33. The molecule has 2 aromatic heterocycles. The number of pyridine rings is 1. The molecule has 1 aliphatic rings. The highest BCUT2D eigenvalue weighted by Gasteiger charge is 2.35. The van der Waals surface area contributed by atoms with E-state index in [4.69, 9.17) is 5.73 Å². The molecule has 0 unspecified atom stereocenters. The van der Waals surface area contributed by atoms with Gasteiger partial charge in [0.25, 0.3) is 11.1 Å². The predicted octanol–water partition coefficient (Wildman–Crippen LogP) is 3.24. The second-order valence-electron chi connectivity index (χ2n) is 10.8. The van der Waals surface area contributed by atoms with Crippen LogP contribution in [0.1, 0.15) is 34.0 Å². The molecule has 3 heterocycles. The van der Waals surface area contributed by atoms with Crippen molar-refractivity contribution in [2.75, 3.05) is 31.1 Å². The molecule has 0 saturated carbocycles. The van der Waals surface area contributed by atoms with E-state index in [1.54, 1.807) is 53.6 Å². The molecule has 0 spiro atoms. The van der Waals surface area contributed by atoms with Crippen LogP contribution in [-0.4, -0.2) is 45.2 Å². The summed E-state index contributed by atoms with van der Waals surface area (Å²) in [6.45, 7) is 2.53. The van der Waals surface area contributed by atoms with E-state index in [0.717, 1.165) is 27.3 Å². The summed E-state index contributed by atoms with van der Waals surface area (Å²) in [7, 11) is 0. The van der Waals surface area contributed by atoms with Crippen LogP contribution in [0.25, 0.3) is 0 Å². The smallest absolute Gasteiger partial charge is 0.363 e. The fourth-order valence-electron chi connectivity index (χ4n) is 5.59. The normalized spacial score (nSPS) is 15.0. The van der Waals surface area contributed by atoms with Crippen molar-refractivity contribution in [2.45, 2.75) is 38.8 Å². The summed E-state index contributed by atoms with van der Waals surface area (Å²) < 4.78 is 58.4. The van der Waals surface area contributed by atoms with Gasteiger partial charge in [0, 0.05) is 61.8 Å². The van der Waals surface area contributed by atoms with Gasteiger partial charge in [-0.25, -0.2) is 9.18 Å². The minimum atomic E-state index is -4.86. The summed E-state index contributed by atoms with van der Waals surface area (Å²) in [6, 6.07) is 14.1. The molecule has 0 bridgehead atoms. The zero-order valence-corrected chi connectivity index (χ0v) is 24.0. The lowest BCUT2D eigenvalue weighted by molar-refractivity contribution is -0.138. The number of anilines is 1. The standard InChI is InChI=1S/C31H32F4N6O3/c1-20-27(39-15-13-38(14-16-39)17-22-9-6-12-37-28(22)42)29(43)41(19-26(36)21-7-3-2-4-8-21)30(44)40(20)18-23-24(31(33,34)35)10-5-11-25(23)32/h2-12,26H,13-19,36H2,1H3,(H,37,42)/t26-/m1/s1. The first-order chi connectivity index (χ1) is 21.0. The number of H-pyrrole nitrogens is 1. The molecule has 0 amide bonds. The molecule has 1 fully saturated rings. The molecular formula is C31H32F4N6O3. The van der Waals surface area contributed by atoms with Crippen molar-refractivity contribution < 1.29 is 17.6 Å². The molecule has 0 aliphatic carbocycles. The Kier molecular flexibility index (Phi) is 8.88. The highest BCUT2D eigenvalue weighted by atomic mass is 19.4. The van der Waals surface area contributed by atoms with Gasteiger partial charge in [0.1, 0.15) is 11.5 Å². The van der Waals surface area contributed by atoms with Gasteiger partial charge in [0.15, 0.2) is 0 Å². The van der Waals surface area contributed by atoms with Crippen LogP contribution in [0, 0.1) is 12.7 Å². The molecule has 3 N–H and O–H groups in total. The number of benzene rings is 2. The third kappa shape index (κ3) is 6.38. The van der Waals surface area contributed by atoms with Gasteiger partial charge < -0.3 is 15.6 Å². The number of nitrogens with one attached hydrogen (secondary N) is 1. The van der Waals surface area contributed by atoms with Crippen LogP contribution in [0.5, 0.6) is 0 Å². The van der Waals surface area contributed by atoms with Crippen LogP contribution >= 0.6 is 0 Å². The van der Waals surface area contributed by atoms with E-state index in [2.05, 4.69) is 4.98 Å². The maximum absolute atomic E-state index is 14.9. The minimum Gasteiger partial charge on any atom is -0.363 e. The van der Waals surface area contributed by atoms with Gasteiger partial charge >= 0.3 is 11.9 Å². The number of hydrogen-bond acceptors (Lipinski definition) is 6. The summed E-state index contributed by atoms with van der Waals surface area (Å²) >= 11 is 0. The minimum absolute atomic E-state index is 0.119. The SMILES string of the molecule is Cc1c(N2CCN(Cc3ccc[nH]c3=O)CC2)c(=O)n(C[C@@H](N)c2ccccc2)c(=O)n1Cc1c(F)cccc1C(F)(F)F. The average Bonchev–Trinajstić information content (AvgIpc) is 3.00. The second kappa shape index (κ2) is 12.6. The molecular weight excluding hydrogens is 580 g/mol. The van der Waals surface area contributed by atoms with Crippen LogP contribution in [0.15, 0.2) is 81.2 Å². The van der Waals surface area contributed by atoms with Gasteiger partial charge in [0.05, 0.1) is 18.7 Å². The largest absolute Gasteiger partial charge is 0.416 e. The van der Waals surface area contributed by atoms with E-state index in [1.165, 1.54) is 6.92 Å². The lowest BCUT2D eigenvalue weighted by atomic mass is 10.1. The first-order valence-electron chi connectivity index (χ1n) is 14.1. The van der Waals surface area contributed by atoms with Crippen molar-refractivity contribution in [3.8, 4) is 0 Å². The van der Waals surface area contributed by atoms with Gasteiger partial charge in [-0.15, -0.1) is 0 Å². The van der Waals surface area contributed by atoms with Crippen LogP contribution in [0.3, 0.4) is 0 Å². The van der Waals surface area contributed by atoms with E-state index in [-0.39, 0.29) is 23.5 Å². The number of rotatable bonds is 8. The lowest BCUT2D eigenvalue weighted by Gasteiger charge is -2.36. The molecule has 5 rings (SSSR count). The van der Waals surface area contributed by atoms with Crippen molar-refractivity contribution in [2.24, 2.45) is 5.73 Å². The van der Waals surface area contributed by atoms with Crippen molar-refractivity contribution in [3.05, 3.63) is 132 Å². The summed E-state index contributed by atoms with van der Waals surface area (Å²) in [4.78, 5) is 46.3. The first kappa shape index (κ1) is 31.0. The van der Waals surface area contributed by atoms with E-state index in [0.29, 0.717) is 43.9 Å². The van der Waals surface area contributed by atoms with Crippen molar-refractivity contribution in [3.63, 3.8) is 0 Å². The summed E-state index contributed by atoms with van der Waals surface area (Å²) in [5.74, 6) is -1.11. The van der Waals surface area contributed by atoms with E-state index in [9.17, 15) is 31.9 Å². The highest BCUT2D eigenvalue weighted by molar-refractivity contribution is 5.50. The summed E-state index contributed by atoms with van der Waals surface area (Å²) in [5.41, 5.74) is 4.26. The van der Waals surface area contributed by atoms with Crippen molar-refractivity contribution in [1.82, 2.24) is 19.0 Å². The Bertz CT molecular complexity index is 1810. The number of hydrogen-bond donors (Lipinski definition) is 2. The third-order valence-electron chi connectivity index (χ3n) is 7.99. The number of nitrogens with zero attached hydrogens (tertiary/aromatic N) is 4. The van der Waals surface area contributed by atoms with Crippen LogP contribution in [0.4, 0.5) is 23.2 Å². The van der Waals surface area contributed by atoms with Crippen molar-refractivity contribution in [1.29, 1.82) is 0 Å². The number of piperazine rings is 1. The maximum atomic E-state index is 14.9. The van der Waals surface area contributed by atoms with E-state index in [1.807, 2.05) is 4.90 Å². The maximum Gasteiger partial charge on any atom is 0.416 e. The Morgan fingerprint density at radius 2 is 1.59 bits per heavy atom. The molecule has 2 aromatic carbocycles. The van der Waals surface area contributed by atoms with Gasteiger partial charge in [-0.3, -0.25) is 23.6 Å². The van der Waals surface area contributed by atoms with Gasteiger partial charge in [-0.1, -0.05) is 42.5 Å². The Morgan fingerprint density at radius 1 is 0.886 bits per heavy atom. The zero-order valence-electron chi connectivity index (χ0n) is 24.0. The third-order valence-corrected chi connectivity index (χ3v) is 7.99. The molecule has 4 aromatic rings. The average molecular weight is 613 g/mol. The zero-order chi connectivity index (χ0) is 31.6. The fraction of sp³-hybridized carbons (Fsp3) is 0.323. The molecule has 0 radical (unpaired) electrons. The van der Waals surface area contributed by atoms with Gasteiger partial charge in [-0.05, 0) is 30.7 Å². The van der Waals surface area contributed by atoms with Gasteiger partial charge in [-0.2, -0.15) is 13.2 Å². The number of aromatic amines is 1. The van der Waals surface area contributed by atoms with Crippen LogP contribution < -0.4 is 27.4 Å². The van der Waals surface area contributed by atoms with Crippen molar-refractivity contribution >= 4 is 5.69 Å². The second-order valence-corrected chi connectivity index (χ2v) is 10.8. The van der Waals surface area contributed by atoms with Crippen LogP contribution in [-0.2, 0) is 25.8 Å². The monoisotopic (exact) mass is 612 g/mol. The first-order valence-corrected chi connectivity index (χ1v) is 14.1. The van der Waals surface area contributed by atoms with Crippen LogP contribution in [0.2, 0.25) is 0 Å². The summed E-state index contributed by atoms with van der Waals surface area (Å²) in [5, 5.41) is 0. The Hall–Kier alpha value is -4.49. The molecule has 44 heavy (non-hydrogen) atoms. The molecule has 1 saturated heterocycles. The molecule has 1 atom stereocenters. The molecule has 9 nitrogen and oxygen atoms in total. The predicted molar refractivity (Wildman–Crippen MR) is 158 cm³/mol. The number of halogens is 4. The quantitative estimate of drug-likeness (QED) is 0.296. The molecule has 1 aliphatic heterocycles. The molecule has 232 valence electrons. The van der Waals surface area contributed by atoms with Gasteiger partial charge in [0.2, 0.25) is 0 Å². The van der Waals surface area contributed by atoms with E-state index >= 15 is 0 Å². The topological polar surface area (TPSA) is 109 Å². The Labute approximate surface area is 249 Å². The number of alkyl halides is 3. The Morgan fingerprint density at radius 3 is 2.25 bits per heavy atom. The summed E-state index contributed by atoms with van der Waals surface area (Å²) in [6.07, 6.45) is -3.31.